The number of carbonyl (C=O) groups excluding carboxylic acids is 1. The fourth-order valence-corrected chi connectivity index (χ4v) is 4.67. The molecule has 0 radical (unpaired) electrons. The summed E-state index contributed by atoms with van der Waals surface area (Å²) in [6.45, 7) is 3.67. The third kappa shape index (κ3) is 6.10. The van der Waals surface area contributed by atoms with Crippen LogP contribution in [-0.2, 0) is 4.79 Å². The van der Waals surface area contributed by atoms with Crippen LogP contribution in [0.25, 0.3) is 0 Å². The van der Waals surface area contributed by atoms with Gasteiger partial charge in [0.15, 0.2) is 5.78 Å². The molecule has 1 fully saturated rings. The Kier molecular flexibility index (Phi) is 7.56. The van der Waals surface area contributed by atoms with Crippen LogP contribution in [0.2, 0.25) is 0 Å². The van der Waals surface area contributed by atoms with Gasteiger partial charge in [0.05, 0.1) is 6.04 Å². The highest BCUT2D eigenvalue weighted by molar-refractivity contribution is 5.89. The molecule has 1 aromatic carbocycles. The molecule has 1 atom stereocenters. The molecule has 1 N–H and O–H groups in total. The van der Waals surface area contributed by atoms with Gasteiger partial charge in [0.1, 0.15) is 5.82 Å². The number of nitrogens with zero attached hydrogens (tertiary/aromatic N) is 2. The Morgan fingerprint density at radius 3 is 2.58 bits per heavy atom. The number of para-hydroxylation sites is 1. The average molecular weight is 440 g/mol. The molecule has 1 aromatic heterocycles. The number of ketones is 1. The van der Waals surface area contributed by atoms with Crippen LogP contribution < -0.4 is 10.2 Å². The van der Waals surface area contributed by atoms with Crippen LogP contribution >= 0.6 is 0 Å². The van der Waals surface area contributed by atoms with E-state index in [1.54, 1.807) is 13.0 Å². The number of aryl methyl sites for hydroxylation is 1. The molecule has 1 unspecified atom stereocenters. The lowest BCUT2D eigenvalue weighted by Crippen LogP contribution is -2.37. The smallest absolute Gasteiger partial charge is 0.156 e. The second-order valence-corrected chi connectivity index (χ2v) is 8.88. The molecule has 170 valence electrons. The van der Waals surface area contributed by atoms with Gasteiger partial charge in [-0.1, -0.05) is 67.5 Å². The second-order valence-electron chi connectivity index (χ2n) is 8.88. The highest BCUT2D eigenvalue weighted by atomic mass is 16.1. The number of anilines is 2. The number of carbonyl (C=O) groups is 1. The van der Waals surface area contributed by atoms with E-state index in [0.717, 1.165) is 29.3 Å². The number of pyridine rings is 1. The first-order chi connectivity index (χ1) is 16.1. The highest BCUT2D eigenvalue weighted by Gasteiger charge is 2.25. The lowest BCUT2D eigenvalue weighted by molar-refractivity contribution is -0.112. The highest BCUT2D eigenvalue weighted by Crippen LogP contribution is 2.36. The van der Waals surface area contributed by atoms with Crippen molar-refractivity contribution in [2.45, 2.75) is 57.9 Å². The van der Waals surface area contributed by atoms with E-state index >= 15 is 0 Å². The summed E-state index contributed by atoms with van der Waals surface area (Å²) in [5.74, 6) is 1.29. The molecule has 2 aliphatic carbocycles. The summed E-state index contributed by atoms with van der Waals surface area (Å²) >= 11 is 0. The summed E-state index contributed by atoms with van der Waals surface area (Å²) in [5.41, 5.74) is 4.18. The maximum absolute atomic E-state index is 12.3. The van der Waals surface area contributed by atoms with Crippen molar-refractivity contribution in [2.75, 3.05) is 10.2 Å². The number of benzene rings is 1. The number of rotatable bonds is 7. The van der Waals surface area contributed by atoms with Crippen molar-refractivity contribution in [1.82, 2.24) is 4.98 Å². The van der Waals surface area contributed by atoms with E-state index in [1.165, 1.54) is 31.4 Å². The quantitative estimate of drug-likeness (QED) is 0.480. The summed E-state index contributed by atoms with van der Waals surface area (Å²) < 4.78 is 0. The molecule has 0 amide bonds. The topological polar surface area (TPSA) is 45.2 Å². The lowest BCUT2D eigenvalue weighted by atomic mass is 10.0. The molecular formula is C29H33N3O. The molecule has 4 rings (SSSR count). The van der Waals surface area contributed by atoms with Crippen molar-refractivity contribution in [2.24, 2.45) is 0 Å². The number of allylic oxidation sites excluding steroid dienone is 5. The minimum Gasteiger partial charge on any atom is -0.342 e. The Labute approximate surface area is 197 Å². The van der Waals surface area contributed by atoms with Crippen molar-refractivity contribution < 1.29 is 4.79 Å². The lowest BCUT2D eigenvalue weighted by Gasteiger charge is -2.35. The fraction of sp³-hybridized carbons (Fsp3) is 0.310. The van der Waals surface area contributed by atoms with Gasteiger partial charge in [0, 0.05) is 34.8 Å². The molecule has 2 aliphatic rings. The summed E-state index contributed by atoms with van der Waals surface area (Å²) in [7, 11) is 0. The average Bonchev–Trinajstić information content (AvgIpc) is 3.30. The first kappa shape index (κ1) is 22.8. The van der Waals surface area contributed by atoms with Gasteiger partial charge >= 0.3 is 0 Å². The molecule has 0 spiro atoms. The van der Waals surface area contributed by atoms with E-state index in [1.807, 2.05) is 42.5 Å². The maximum atomic E-state index is 12.3. The molecule has 0 aliphatic heterocycles. The van der Waals surface area contributed by atoms with E-state index in [9.17, 15) is 4.79 Å². The van der Waals surface area contributed by atoms with Crippen LogP contribution in [0, 0.1) is 6.92 Å². The molecular weight excluding hydrogens is 406 g/mol. The molecule has 0 saturated heterocycles. The van der Waals surface area contributed by atoms with Crippen LogP contribution in [0.3, 0.4) is 0 Å². The Morgan fingerprint density at radius 2 is 1.82 bits per heavy atom. The third-order valence-corrected chi connectivity index (χ3v) is 6.17. The Morgan fingerprint density at radius 1 is 1.06 bits per heavy atom. The van der Waals surface area contributed by atoms with E-state index in [4.69, 9.17) is 4.98 Å². The van der Waals surface area contributed by atoms with Crippen molar-refractivity contribution in [1.29, 1.82) is 0 Å². The predicted molar refractivity (Wildman–Crippen MR) is 137 cm³/mol. The van der Waals surface area contributed by atoms with Gasteiger partial charge in [0.2, 0.25) is 0 Å². The third-order valence-electron chi connectivity index (χ3n) is 6.17. The second kappa shape index (κ2) is 11.0. The van der Waals surface area contributed by atoms with Gasteiger partial charge in [-0.2, -0.15) is 0 Å². The molecule has 1 heterocycles. The normalized spacial score (nSPS) is 20.7. The molecule has 33 heavy (non-hydrogen) atoms. The number of hydrogen-bond acceptors (Lipinski definition) is 4. The van der Waals surface area contributed by atoms with Crippen molar-refractivity contribution in [3.05, 3.63) is 102 Å². The number of nitrogens with one attached hydrogen (secondary N) is 1. The zero-order valence-electron chi connectivity index (χ0n) is 19.6. The van der Waals surface area contributed by atoms with Gasteiger partial charge in [-0.05, 0) is 57.4 Å². The van der Waals surface area contributed by atoms with E-state index < -0.39 is 0 Å². The summed E-state index contributed by atoms with van der Waals surface area (Å²) in [5, 5.41) is 3.52. The van der Waals surface area contributed by atoms with Gasteiger partial charge in [-0.3, -0.25) is 9.78 Å². The first-order valence-corrected chi connectivity index (χ1v) is 11.9. The van der Waals surface area contributed by atoms with Gasteiger partial charge in [0.25, 0.3) is 0 Å². The van der Waals surface area contributed by atoms with E-state index in [-0.39, 0.29) is 11.8 Å². The van der Waals surface area contributed by atoms with Crippen LogP contribution in [0.15, 0.2) is 90.8 Å². The minimum absolute atomic E-state index is 0.00508. The standard InChI is InChI=1S/C29H33N3O/c1-22-19-27(21-28(30-22)24-13-11-12-14-24)32(26-17-9-4-3-5-10-18-26)29(20-23(2)33)31-25-15-7-6-8-16-25/h3-10,15-17,19-21,24,26,31H,11-14,18H2,1-2H3/b4-3-,10-5-,17-9?,29-20-. The van der Waals surface area contributed by atoms with Crippen LogP contribution in [0.5, 0.6) is 0 Å². The van der Waals surface area contributed by atoms with Gasteiger partial charge in [-0.25, -0.2) is 0 Å². The number of hydrogen-bond donors (Lipinski definition) is 1. The number of aromatic nitrogens is 1. The maximum Gasteiger partial charge on any atom is 0.156 e. The van der Waals surface area contributed by atoms with E-state index in [0.29, 0.717) is 5.92 Å². The first-order valence-electron chi connectivity index (χ1n) is 11.9. The zero-order chi connectivity index (χ0) is 23.0. The Balaban J connectivity index is 1.81. The zero-order valence-corrected chi connectivity index (χ0v) is 19.6. The van der Waals surface area contributed by atoms with Crippen molar-refractivity contribution in [3.8, 4) is 0 Å². The Hall–Kier alpha value is -3.40. The Bertz CT molecular complexity index is 1080. The molecule has 4 nitrogen and oxygen atoms in total. The summed E-state index contributed by atoms with van der Waals surface area (Å²) in [6.07, 6.45) is 20.1. The largest absolute Gasteiger partial charge is 0.342 e. The van der Waals surface area contributed by atoms with Gasteiger partial charge < -0.3 is 10.2 Å². The summed E-state index contributed by atoms with van der Waals surface area (Å²) in [4.78, 5) is 19.5. The van der Waals surface area contributed by atoms with Crippen molar-refractivity contribution >= 4 is 17.2 Å². The fourth-order valence-electron chi connectivity index (χ4n) is 4.67. The van der Waals surface area contributed by atoms with Crippen LogP contribution in [0.1, 0.15) is 56.3 Å². The molecule has 4 heteroatoms. The predicted octanol–water partition coefficient (Wildman–Crippen LogP) is 6.84. The van der Waals surface area contributed by atoms with Crippen LogP contribution in [0.4, 0.5) is 11.4 Å². The van der Waals surface area contributed by atoms with Crippen molar-refractivity contribution in [3.63, 3.8) is 0 Å². The summed E-state index contributed by atoms with van der Waals surface area (Å²) in [6, 6.07) is 14.4. The SMILES string of the molecule is CC(=O)/C=C(/Nc1ccccc1)N(c1cc(C)nc(C2CCCC2)c1)C1C=C/C=C\C=C/C1. The van der Waals surface area contributed by atoms with Gasteiger partial charge in [-0.15, -0.1) is 0 Å². The minimum atomic E-state index is 0.00508. The molecule has 2 aromatic rings. The molecule has 1 saturated carbocycles. The van der Waals surface area contributed by atoms with Crippen LogP contribution in [-0.4, -0.2) is 16.8 Å². The van der Waals surface area contributed by atoms with E-state index in [2.05, 4.69) is 53.6 Å². The monoisotopic (exact) mass is 439 g/mol. The molecule has 0 bridgehead atoms.